The van der Waals surface area contributed by atoms with Gasteiger partial charge in [-0.15, -0.1) is 13.2 Å². The standard InChI is InChI=1S/C17H19NO2.C9H16O2.C7H16.C6H13NO2S.C2H4.CH4/c1-13(2)20-18-12-15-6-4-5-7-17(15)14-8-10-16(19-3)11-9-14;1-7(2)9(10)11-8-5-3-4-6-8;1-6(2)7(3,4)5;1-5(2)7-10(8,9)6-3-4-6;1-2;/h4-13H,1-3H3;7-8H,3-6H2,1-2H3;6H,1-5H3;5-7H,3-4H2,1-2H3;1-2H2;1H4/b18-12+;;;;;. The minimum absolute atomic E-state index is 0. The Morgan fingerprint density at radius 1 is 0.882 bits per heavy atom. The second-order valence-electron chi connectivity index (χ2n) is 14.7. The van der Waals surface area contributed by atoms with E-state index in [1.807, 2.05) is 84.0 Å². The van der Waals surface area contributed by atoms with E-state index in [1.165, 1.54) is 12.8 Å². The molecule has 2 aromatic rings. The van der Waals surface area contributed by atoms with Gasteiger partial charge in [0.15, 0.2) is 0 Å². The third-order valence-corrected chi connectivity index (χ3v) is 10.1. The Bertz CT molecular complexity index is 1340. The van der Waals surface area contributed by atoms with Gasteiger partial charge in [0.2, 0.25) is 10.0 Å². The van der Waals surface area contributed by atoms with Crippen molar-refractivity contribution >= 4 is 22.2 Å². The number of hydrogen-bond acceptors (Lipinski definition) is 7. The molecule has 0 amide bonds. The molecule has 0 aromatic heterocycles. The maximum atomic E-state index is 11.1. The van der Waals surface area contributed by atoms with E-state index in [9.17, 15) is 13.2 Å². The molecule has 2 aliphatic rings. The van der Waals surface area contributed by atoms with E-state index in [2.05, 4.69) is 63.7 Å². The predicted octanol–water partition coefficient (Wildman–Crippen LogP) is 10.9. The summed E-state index contributed by atoms with van der Waals surface area (Å²) in [7, 11) is -1.27. The fourth-order valence-electron chi connectivity index (χ4n) is 3.96. The molecule has 0 heterocycles. The molecule has 292 valence electrons. The molecule has 0 bridgehead atoms. The molecule has 0 radical (unpaired) electrons. The van der Waals surface area contributed by atoms with Gasteiger partial charge in [-0.25, -0.2) is 13.1 Å². The highest BCUT2D eigenvalue weighted by Gasteiger charge is 2.35. The molecule has 0 saturated heterocycles. The molecular formula is C42H72N2O6S. The van der Waals surface area contributed by atoms with Crippen molar-refractivity contribution in [1.29, 1.82) is 0 Å². The first-order chi connectivity index (χ1) is 23.4. The number of rotatable bonds is 10. The largest absolute Gasteiger partial charge is 0.497 e. The van der Waals surface area contributed by atoms with Crippen LogP contribution in [0, 0.1) is 17.3 Å². The van der Waals surface area contributed by atoms with Gasteiger partial charge in [-0.05, 0) is 101 Å². The smallest absolute Gasteiger partial charge is 0.308 e. The maximum Gasteiger partial charge on any atom is 0.308 e. The van der Waals surface area contributed by atoms with E-state index in [0.717, 1.165) is 54.0 Å². The van der Waals surface area contributed by atoms with Crippen molar-refractivity contribution in [1.82, 2.24) is 4.72 Å². The SMILES string of the molecule is C.C=C.CC(C)C(=O)OC1CCCC1.CC(C)C(C)(C)C.CC(C)NS(=O)(=O)C1CC1.COc1ccc(-c2ccccc2/C=N/OC(C)C)cc1. The Hall–Kier alpha value is -3.17. The van der Waals surface area contributed by atoms with Gasteiger partial charge in [0.1, 0.15) is 18.0 Å². The van der Waals surface area contributed by atoms with Gasteiger partial charge in [-0.2, -0.15) is 0 Å². The molecule has 8 nitrogen and oxygen atoms in total. The Labute approximate surface area is 312 Å². The zero-order valence-corrected chi connectivity index (χ0v) is 33.9. The number of ether oxygens (including phenoxy) is 2. The number of carbonyl (C=O) groups excluding carboxylic acids is 1. The minimum Gasteiger partial charge on any atom is -0.497 e. The highest BCUT2D eigenvalue weighted by molar-refractivity contribution is 7.90. The van der Waals surface area contributed by atoms with Crippen molar-refractivity contribution in [3.63, 3.8) is 0 Å². The molecule has 2 fully saturated rings. The van der Waals surface area contributed by atoms with Crippen molar-refractivity contribution in [3.8, 4) is 16.9 Å². The lowest BCUT2D eigenvalue weighted by Crippen LogP contribution is -2.32. The van der Waals surface area contributed by atoms with Crippen molar-refractivity contribution < 1.29 is 27.5 Å². The maximum absolute atomic E-state index is 11.1. The Kier molecular flexibility index (Phi) is 25.2. The number of nitrogens with zero attached hydrogens (tertiary/aromatic N) is 1. The molecule has 0 aliphatic heterocycles. The minimum atomic E-state index is -2.94. The lowest BCUT2D eigenvalue weighted by Gasteiger charge is -2.22. The number of methoxy groups -OCH3 is 1. The molecule has 0 atom stereocenters. The first-order valence-electron chi connectivity index (χ1n) is 18.0. The van der Waals surface area contributed by atoms with Crippen molar-refractivity contribution in [2.75, 3.05) is 7.11 Å². The predicted molar refractivity (Wildman–Crippen MR) is 218 cm³/mol. The fraction of sp³-hybridized carbons (Fsp3) is 0.619. The number of carbonyl (C=O) groups is 1. The third-order valence-electron chi connectivity index (χ3n) is 7.98. The number of hydrogen-bond donors (Lipinski definition) is 1. The quantitative estimate of drug-likeness (QED) is 0.113. The van der Waals surface area contributed by atoms with E-state index >= 15 is 0 Å². The first-order valence-corrected chi connectivity index (χ1v) is 19.6. The van der Waals surface area contributed by atoms with Crippen LogP contribution in [0.2, 0.25) is 0 Å². The van der Waals surface area contributed by atoms with E-state index in [4.69, 9.17) is 14.3 Å². The number of nitrogens with one attached hydrogen (secondary N) is 1. The van der Waals surface area contributed by atoms with E-state index < -0.39 is 10.0 Å². The lowest BCUT2D eigenvalue weighted by molar-refractivity contribution is -0.152. The van der Waals surface area contributed by atoms with Crippen LogP contribution in [0.15, 0.2) is 66.8 Å². The van der Waals surface area contributed by atoms with E-state index in [-0.39, 0.29) is 42.8 Å². The Morgan fingerprint density at radius 3 is 1.80 bits per heavy atom. The Morgan fingerprint density at radius 2 is 1.39 bits per heavy atom. The zero-order valence-electron chi connectivity index (χ0n) is 33.1. The summed E-state index contributed by atoms with van der Waals surface area (Å²) in [6.45, 7) is 28.6. The second kappa shape index (κ2) is 25.7. The van der Waals surface area contributed by atoms with Crippen LogP contribution in [0.5, 0.6) is 5.75 Å². The molecule has 0 unspecified atom stereocenters. The summed E-state index contributed by atoms with van der Waals surface area (Å²) in [6.07, 6.45) is 8.30. The van der Waals surface area contributed by atoms with Gasteiger partial charge in [-0.3, -0.25) is 4.79 Å². The molecular weight excluding hydrogens is 661 g/mol. The van der Waals surface area contributed by atoms with Crippen LogP contribution in [-0.2, 0) is 24.4 Å². The van der Waals surface area contributed by atoms with Crippen LogP contribution < -0.4 is 9.46 Å². The van der Waals surface area contributed by atoms with Crippen molar-refractivity contribution in [2.24, 2.45) is 22.4 Å². The molecule has 1 N–H and O–H groups in total. The number of sulfonamides is 1. The summed E-state index contributed by atoms with van der Waals surface area (Å²) >= 11 is 0. The van der Waals surface area contributed by atoms with Crippen LogP contribution >= 0.6 is 0 Å². The lowest BCUT2D eigenvalue weighted by atomic mass is 9.84. The molecule has 0 spiro atoms. The highest BCUT2D eigenvalue weighted by Crippen LogP contribution is 2.28. The van der Waals surface area contributed by atoms with Crippen LogP contribution in [-0.4, -0.2) is 51.2 Å². The van der Waals surface area contributed by atoms with Gasteiger partial charge in [-0.1, -0.05) is 97.4 Å². The molecule has 2 saturated carbocycles. The molecule has 2 aliphatic carbocycles. The topological polar surface area (TPSA) is 103 Å². The van der Waals surface area contributed by atoms with Gasteiger partial charge in [0.25, 0.3) is 0 Å². The van der Waals surface area contributed by atoms with Crippen LogP contribution in [0.25, 0.3) is 11.1 Å². The molecule has 2 aromatic carbocycles. The van der Waals surface area contributed by atoms with Gasteiger partial charge in [0, 0.05) is 11.6 Å². The molecule has 51 heavy (non-hydrogen) atoms. The summed E-state index contributed by atoms with van der Waals surface area (Å²) in [4.78, 5) is 16.3. The Balaban J connectivity index is 0. The number of benzene rings is 2. The third kappa shape index (κ3) is 22.4. The molecule has 4 rings (SSSR count). The van der Waals surface area contributed by atoms with E-state index in [0.29, 0.717) is 5.41 Å². The zero-order chi connectivity index (χ0) is 38.5. The summed E-state index contributed by atoms with van der Waals surface area (Å²) in [5.74, 6) is 1.63. The van der Waals surface area contributed by atoms with Gasteiger partial charge < -0.3 is 14.3 Å². The average Bonchev–Trinajstić information content (AvgIpc) is 3.80. The number of esters is 1. The highest BCUT2D eigenvalue weighted by atomic mass is 32.2. The summed E-state index contributed by atoms with van der Waals surface area (Å²) in [5.41, 5.74) is 3.77. The van der Waals surface area contributed by atoms with Gasteiger partial charge >= 0.3 is 5.97 Å². The summed E-state index contributed by atoms with van der Waals surface area (Å²) in [6, 6.07) is 16.1. The fourth-order valence-corrected chi connectivity index (χ4v) is 5.57. The van der Waals surface area contributed by atoms with E-state index in [1.54, 1.807) is 13.3 Å². The molecule has 9 heteroatoms. The van der Waals surface area contributed by atoms with Crippen molar-refractivity contribution in [3.05, 3.63) is 67.3 Å². The summed E-state index contributed by atoms with van der Waals surface area (Å²) < 4.78 is 35.2. The van der Waals surface area contributed by atoms with Crippen molar-refractivity contribution in [2.45, 2.75) is 146 Å². The first kappa shape index (κ1) is 49.9. The van der Waals surface area contributed by atoms with Crippen LogP contribution in [0.3, 0.4) is 0 Å². The average molecular weight is 733 g/mol. The van der Waals surface area contributed by atoms with Crippen LogP contribution in [0.4, 0.5) is 0 Å². The normalized spacial score (nSPS) is 14.2. The number of oxime groups is 1. The van der Waals surface area contributed by atoms with Crippen LogP contribution in [0.1, 0.15) is 128 Å². The monoisotopic (exact) mass is 733 g/mol. The second-order valence-corrected chi connectivity index (χ2v) is 16.7. The summed E-state index contributed by atoms with van der Waals surface area (Å²) in [5, 5.41) is 3.92. The van der Waals surface area contributed by atoms with Gasteiger partial charge in [0.05, 0.1) is 24.5 Å².